The van der Waals surface area contributed by atoms with Crippen molar-refractivity contribution < 1.29 is 8.42 Å². The van der Waals surface area contributed by atoms with E-state index < -0.39 is 10.2 Å². The van der Waals surface area contributed by atoms with Crippen LogP contribution in [-0.4, -0.2) is 31.4 Å². The molecule has 1 N–H and O–H groups in total. The predicted molar refractivity (Wildman–Crippen MR) is 71.1 cm³/mol. The van der Waals surface area contributed by atoms with Gasteiger partial charge in [-0.1, -0.05) is 31.2 Å². The molecule has 0 aromatic heterocycles. The summed E-state index contributed by atoms with van der Waals surface area (Å²) in [6, 6.07) is 0. The lowest BCUT2D eigenvalue weighted by Crippen LogP contribution is -2.51. The van der Waals surface area contributed by atoms with E-state index in [1.807, 2.05) is 6.92 Å². The summed E-state index contributed by atoms with van der Waals surface area (Å²) >= 11 is 0. The Morgan fingerprint density at radius 3 is 2.44 bits per heavy atom. The molecule has 2 atom stereocenters. The van der Waals surface area contributed by atoms with Gasteiger partial charge in [-0.15, -0.1) is 0 Å². The highest BCUT2D eigenvalue weighted by molar-refractivity contribution is 7.87. The standard InChI is InChI=1S/C13H20N2O2S/c1-2-9-15-10-13(14-18(15,16)17)11-5-3-4-6-12(13)8-7-11/h3-4,7-8,11-12,14H,2,5-6,9-10H2,1H3. The van der Waals surface area contributed by atoms with Crippen LogP contribution >= 0.6 is 0 Å². The molecule has 3 rings (SSSR count). The first-order valence-corrected chi connectivity index (χ1v) is 8.15. The van der Waals surface area contributed by atoms with Crippen molar-refractivity contribution in [2.45, 2.75) is 31.7 Å². The minimum Gasteiger partial charge on any atom is -0.195 e. The van der Waals surface area contributed by atoms with Crippen LogP contribution in [0.3, 0.4) is 0 Å². The fourth-order valence-electron chi connectivity index (χ4n) is 3.50. The topological polar surface area (TPSA) is 49.4 Å². The Bertz CT molecular complexity index is 477. The Labute approximate surface area is 109 Å². The van der Waals surface area contributed by atoms with E-state index in [-0.39, 0.29) is 5.54 Å². The molecule has 0 aromatic rings. The molecule has 2 aliphatic carbocycles. The molecule has 3 aliphatic rings. The van der Waals surface area contributed by atoms with E-state index in [9.17, 15) is 8.42 Å². The molecule has 1 heterocycles. The number of hydrogen-bond donors (Lipinski definition) is 1. The van der Waals surface area contributed by atoms with Gasteiger partial charge < -0.3 is 0 Å². The van der Waals surface area contributed by atoms with Crippen molar-refractivity contribution in [3.8, 4) is 0 Å². The highest BCUT2D eigenvalue weighted by Gasteiger charge is 2.56. The number of hydrogen-bond acceptors (Lipinski definition) is 2. The third-order valence-corrected chi connectivity index (χ3v) is 6.05. The highest BCUT2D eigenvalue weighted by atomic mass is 32.2. The summed E-state index contributed by atoms with van der Waals surface area (Å²) in [5.74, 6) is 0.607. The Morgan fingerprint density at radius 2 is 1.89 bits per heavy atom. The van der Waals surface area contributed by atoms with Gasteiger partial charge in [-0.05, 0) is 19.3 Å². The van der Waals surface area contributed by atoms with Gasteiger partial charge in [0.25, 0.3) is 10.2 Å². The van der Waals surface area contributed by atoms with Gasteiger partial charge in [0.15, 0.2) is 0 Å². The average molecular weight is 268 g/mol. The molecule has 5 heteroatoms. The van der Waals surface area contributed by atoms with E-state index in [4.69, 9.17) is 0 Å². The molecular formula is C13H20N2O2S. The Hall–Kier alpha value is -0.650. The molecule has 0 aromatic carbocycles. The fraction of sp³-hybridized carbons (Fsp3) is 0.692. The number of nitrogens with zero attached hydrogens (tertiary/aromatic N) is 1. The minimum absolute atomic E-state index is 0.294. The summed E-state index contributed by atoms with van der Waals surface area (Å²) in [6.07, 6.45) is 11.5. The van der Waals surface area contributed by atoms with Gasteiger partial charge >= 0.3 is 0 Å². The van der Waals surface area contributed by atoms with Crippen molar-refractivity contribution in [1.82, 2.24) is 9.03 Å². The normalized spacial score (nSPS) is 41.6. The van der Waals surface area contributed by atoms with Crippen LogP contribution in [-0.2, 0) is 10.2 Å². The molecule has 1 aliphatic heterocycles. The maximum Gasteiger partial charge on any atom is 0.280 e. The molecule has 2 unspecified atom stereocenters. The fourth-order valence-corrected chi connectivity index (χ4v) is 5.28. The van der Waals surface area contributed by atoms with Crippen molar-refractivity contribution >= 4 is 10.2 Å². The zero-order valence-corrected chi connectivity index (χ0v) is 11.5. The first-order chi connectivity index (χ1) is 8.58. The molecule has 18 heavy (non-hydrogen) atoms. The van der Waals surface area contributed by atoms with Gasteiger partial charge in [-0.3, -0.25) is 0 Å². The SMILES string of the molecule is CCCN1CC2(NS1(=O)=O)C1C=CC2CC=CC1. The van der Waals surface area contributed by atoms with Crippen LogP contribution in [0.2, 0.25) is 0 Å². The van der Waals surface area contributed by atoms with E-state index >= 15 is 0 Å². The minimum atomic E-state index is -3.28. The third-order valence-electron chi connectivity index (χ3n) is 4.42. The molecule has 100 valence electrons. The van der Waals surface area contributed by atoms with Gasteiger partial charge in [0.05, 0.1) is 5.54 Å². The largest absolute Gasteiger partial charge is 0.280 e. The Balaban J connectivity index is 1.94. The van der Waals surface area contributed by atoms with Crippen LogP contribution < -0.4 is 4.72 Å². The molecule has 2 bridgehead atoms. The smallest absolute Gasteiger partial charge is 0.195 e. The second kappa shape index (κ2) is 4.18. The van der Waals surface area contributed by atoms with E-state index in [1.165, 1.54) is 0 Å². The number of nitrogens with one attached hydrogen (secondary N) is 1. The molecule has 0 amide bonds. The van der Waals surface area contributed by atoms with Crippen LogP contribution in [0.5, 0.6) is 0 Å². The third kappa shape index (κ3) is 1.68. The molecule has 0 saturated carbocycles. The van der Waals surface area contributed by atoms with E-state index in [2.05, 4.69) is 29.0 Å². The van der Waals surface area contributed by atoms with Crippen LogP contribution in [0.15, 0.2) is 24.3 Å². The highest BCUT2D eigenvalue weighted by Crippen LogP contribution is 2.45. The first-order valence-electron chi connectivity index (χ1n) is 6.71. The predicted octanol–water partition coefficient (Wildman–Crippen LogP) is 1.44. The second-order valence-corrected chi connectivity index (χ2v) is 7.19. The lowest BCUT2D eigenvalue weighted by atomic mass is 9.79. The van der Waals surface area contributed by atoms with Crippen molar-refractivity contribution in [3.63, 3.8) is 0 Å². The molecule has 1 spiro atoms. The van der Waals surface area contributed by atoms with Gasteiger partial charge in [-0.2, -0.15) is 17.4 Å². The van der Waals surface area contributed by atoms with Crippen molar-refractivity contribution in [1.29, 1.82) is 0 Å². The molecule has 1 fully saturated rings. The Morgan fingerprint density at radius 1 is 1.28 bits per heavy atom. The van der Waals surface area contributed by atoms with E-state index in [0.717, 1.165) is 19.3 Å². The molecule has 1 saturated heterocycles. The lowest BCUT2D eigenvalue weighted by molar-refractivity contribution is 0.230. The van der Waals surface area contributed by atoms with Crippen LogP contribution in [0.1, 0.15) is 26.2 Å². The summed E-state index contributed by atoms with van der Waals surface area (Å²) in [5, 5.41) is 0. The monoisotopic (exact) mass is 268 g/mol. The summed E-state index contributed by atoms with van der Waals surface area (Å²) in [6.45, 7) is 3.25. The quantitative estimate of drug-likeness (QED) is 0.770. The van der Waals surface area contributed by atoms with Crippen molar-refractivity contribution in [2.24, 2.45) is 11.8 Å². The zero-order chi connectivity index (χ0) is 12.8. The molecular weight excluding hydrogens is 248 g/mol. The second-order valence-electron chi connectivity index (χ2n) is 5.52. The van der Waals surface area contributed by atoms with Crippen molar-refractivity contribution in [2.75, 3.05) is 13.1 Å². The summed E-state index contributed by atoms with van der Waals surface area (Å²) < 4.78 is 29.0. The lowest BCUT2D eigenvalue weighted by Gasteiger charge is -2.33. The molecule has 4 nitrogen and oxygen atoms in total. The summed E-state index contributed by atoms with van der Waals surface area (Å²) in [7, 11) is -3.28. The first kappa shape index (κ1) is 12.4. The Kier molecular flexibility index (Phi) is 2.88. The van der Waals surface area contributed by atoms with Crippen LogP contribution in [0.25, 0.3) is 0 Å². The maximum absolute atomic E-state index is 12.2. The maximum atomic E-state index is 12.2. The van der Waals surface area contributed by atoms with Crippen LogP contribution in [0, 0.1) is 11.8 Å². The summed E-state index contributed by atoms with van der Waals surface area (Å²) in [4.78, 5) is 0. The molecule has 0 radical (unpaired) electrons. The van der Waals surface area contributed by atoms with Gasteiger partial charge in [0.2, 0.25) is 0 Å². The van der Waals surface area contributed by atoms with Gasteiger partial charge in [0, 0.05) is 24.9 Å². The average Bonchev–Trinajstić information content (AvgIpc) is 2.63. The van der Waals surface area contributed by atoms with Crippen molar-refractivity contribution in [3.05, 3.63) is 24.3 Å². The van der Waals surface area contributed by atoms with Crippen LogP contribution in [0.4, 0.5) is 0 Å². The number of rotatable bonds is 2. The zero-order valence-electron chi connectivity index (χ0n) is 10.7. The van der Waals surface area contributed by atoms with E-state index in [1.54, 1.807) is 4.31 Å². The van der Waals surface area contributed by atoms with E-state index in [0.29, 0.717) is 24.9 Å². The van der Waals surface area contributed by atoms with Gasteiger partial charge in [0.1, 0.15) is 0 Å². The van der Waals surface area contributed by atoms with Gasteiger partial charge in [-0.25, -0.2) is 0 Å². The summed E-state index contributed by atoms with van der Waals surface area (Å²) in [5.41, 5.74) is -0.294. The number of allylic oxidation sites excluding steroid dienone is 2.